The zero-order valence-corrected chi connectivity index (χ0v) is 8.73. The second-order valence-corrected chi connectivity index (χ2v) is 2.87. The predicted octanol–water partition coefficient (Wildman–Crippen LogP) is 3.64. The summed E-state index contributed by atoms with van der Waals surface area (Å²) in [6, 6.07) is 9.10. The zero-order chi connectivity index (χ0) is 10.8. The summed E-state index contributed by atoms with van der Waals surface area (Å²) in [7, 11) is 0. The fraction of sp³-hybridized carbons (Fsp3) is 0.154. The van der Waals surface area contributed by atoms with Gasteiger partial charge < -0.3 is 0 Å². The minimum atomic E-state index is 0.729. The zero-order valence-electron chi connectivity index (χ0n) is 8.73. The Bertz CT molecular complexity index is 296. The molecule has 0 spiro atoms. The Morgan fingerprint density at radius 1 is 1.29 bits per heavy atom. The Hall–Kier alpha value is -1.63. The van der Waals surface area contributed by atoms with Crippen LogP contribution in [0, 0.1) is 0 Å². The van der Waals surface area contributed by atoms with Gasteiger partial charge in [-0.1, -0.05) is 54.6 Å². The van der Waals surface area contributed by atoms with E-state index in [0.717, 1.165) is 17.4 Å². The van der Waals surface area contributed by atoms with Gasteiger partial charge in [-0.2, -0.15) is 0 Å². The third-order valence-electron chi connectivity index (χ3n) is 1.39. The summed E-state index contributed by atoms with van der Waals surface area (Å²) >= 11 is 0. The topological polar surface area (TPSA) is 17.1 Å². The molecule has 1 aromatic rings. The molecule has 0 amide bonds. The molecule has 1 rings (SSSR count). The first-order chi connectivity index (χ1) is 6.70. The lowest BCUT2D eigenvalue weighted by Gasteiger charge is -1.81. The lowest BCUT2D eigenvalue weighted by molar-refractivity contribution is 0.112. The summed E-state index contributed by atoms with van der Waals surface area (Å²) in [5.74, 6) is 0. The molecule has 1 nitrogen and oxygen atoms in total. The summed E-state index contributed by atoms with van der Waals surface area (Å²) in [6.45, 7) is 7.61. The molecule has 0 N–H and O–H groups in total. The van der Waals surface area contributed by atoms with Gasteiger partial charge in [0.1, 0.15) is 6.29 Å². The van der Waals surface area contributed by atoms with Crippen molar-refractivity contribution >= 4 is 6.29 Å². The molecule has 1 heteroatoms. The van der Waals surface area contributed by atoms with Crippen LogP contribution in [0.15, 0.2) is 54.6 Å². The Kier molecular flexibility index (Phi) is 7.06. The fourth-order valence-corrected chi connectivity index (χ4v) is 0.816. The highest BCUT2D eigenvalue weighted by Gasteiger charge is 1.79. The fourth-order valence-electron chi connectivity index (χ4n) is 0.816. The number of aldehydes is 1. The molecule has 0 saturated heterocycles. The quantitative estimate of drug-likeness (QED) is 0.511. The number of hydrogen-bond donors (Lipinski definition) is 0. The van der Waals surface area contributed by atoms with Crippen molar-refractivity contribution in [1.29, 1.82) is 0 Å². The molecule has 0 heterocycles. The van der Waals surface area contributed by atoms with Crippen LogP contribution >= 0.6 is 0 Å². The van der Waals surface area contributed by atoms with E-state index in [1.54, 1.807) is 12.1 Å². The van der Waals surface area contributed by atoms with Gasteiger partial charge in [-0.25, -0.2) is 0 Å². The van der Waals surface area contributed by atoms with E-state index in [9.17, 15) is 4.79 Å². The highest BCUT2D eigenvalue weighted by atomic mass is 16.1. The van der Waals surface area contributed by atoms with Crippen molar-refractivity contribution in [3.63, 3.8) is 0 Å². The summed E-state index contributed by atoms with van der Waals surface area (Å²) in [6.07, 6.45) is 4.78. The summed E-state index contributed by atoms with van der Waals surface area (Å²) in [5.41, 5.74) is 1.84. The molecular weight excluding hydrogens is 172 g/mol. The monoisotopic (exact) mass is 188 g/mol. The van der Waals surface area contributed by atoms with Crippen LogP contribution in [0.4, 0.5) is 0 Å². The molecule has 1 aromatic carbocycles. The van der Waals surface area contributed by atoms with E-state index in [1.807, 2.05) is 44.2 Å². The van der Waals surface area contributed by atoms with E-state index in [0.29, 0.717) is 0 Å². The maximum Gasteiger partial charge on any atom is 0.150 e. The molecule has 0 radical (unpaired) electrons. The van der Waals surface area contributed by atoms with Gasteiger partial charge in [0.05, 0.1) is 0 Å². The van der Waals surface area contributed by atoms with Gasteiger partial charge >= 0.3 is 0 Å². The molecule has 0 fully saturated rings. The number of carbonyl (C=O) groups excluding carboxylic acids is 1. The van der Waals surface area contributed by atoms with Crippen molar-refractivity contribution in [1.82, 2.24) is 0 Å². The molecular formula is C13H16O. The molecule has 0 unspecified atom stereocenters. The second kappa shape index (κ2) is 7.99. The van der Waals surface area contributed by atoms with Gasteiger partial charge in [-0.3, -0.25) is 4.79 Å². The smallest absolute Gasteiger partial charge is 0.150 e. The standard InChI is InChI=1S/C7H6O.C6H10/c8-6-7-4-2-1-3-5-7;1-4-5-6(2)3/h1-6H;4-5H,2H2,1,3H3/b;5-4+. The number of allylic oxidation sites excluding steroid dienone is 3. The van der Waals surface area contributed by atoms with Crippen molar-refractivity contribution in [2.75, 3.05) is 0 Å². The number of carbonyl (C=O) groups is 1. The van der Waals surface area contributed by atoms with Crippen LogP contribution in [0.2, 0.25) is 0 Å². The van der Waals surface area contributed by atoms with Crippen molar-refractivity contribution in [2.45, 2.75) is 13.8 Å². The Labute approximate surface area is 85.8 Å². The van der Waals surface area contributed by atoms with Crippen molar-refractivity contribution in [3.05, 3.63) is 60.2 Å². The lowest BCUT2D eigenvalue weighted by Crippen LogP contribution is -1.73. The first kappa shape index (κ1) is 12.4. The number of benzene rings is 1. The van der Waals surface area contributed by atoms with Gasteiger partial charge in [0.25, 0.3) is 0 Å². The maximum absolute atomic E-state index is 10.0. The third kappa shape index (κ3) is 7.04. The molecule has 0 bridgehead atoms. The molecule has 0 aliphatic carbocycles. The van der Waals surface area contributed by atoms with Crippen LogP contribution in [-0.2, 0) is 0 Å². The van der Waals surface area contributed by atoms with Crippen molar-refractivity contribution in [3.8, 4) is 0 Å². The minimum Gasteiger partial charge on any atom is -0.298 e. The Morgan fingerprint density at radius 2 is 1.86 bits per heavy atom. The molecule has 0 aromatic heterocycles. The molecule has 0 aliphatic heterocycles. The van der Waals surface area contributed by atoms with Crippen molar-refractivity contribution < 1.29 is 4.79 Å². The van der Waals surface area contributed by atoms with Gasteiger partial charge in [-0.15, -0.1) is 0 Å². The lowest BCUT2D eigenvalue weighted by atomic mass is 10.2. The van der Waals surface area contributed by atoms with Gasteiger partial charge in [0, 0.05) is 5.56 Å². The Balaban J connectivity index is 0.000000255. The molecule has 0 atom stereocenters. The van der Waals surface area contributed by atoms with E-state index in [2.05, 4.69) is 6.58 Å². The maximum atomic E-state index is 10.0. The van der Waals surface area contributed by atoms with Gasteiger partial charge in [0.15, 0.2) is 0 Å². The third-order valence-corrected chi connectivity index (χ3v) is 1.39. The minimum absolute atomic E-state index is 0.729. The summed E-state index contributed by atoms with van der Waals surface area (Å²) in [4.78, 5) is 10.0. The van der Waals surface area contributed by atoms with Gasteiger partial charge in [0.2, 0.25) is 0 Å². The average molecular weight is 188 g/mol. The first-order valence-corrected chi connectivity index (χ1v) is 4.49. The van der Waals surface area contributed by atoms with E-state index < -0.39 is 0 Å². The van der Waals surface area contributed by atoms with E-state index in [4.69, 9.17) is 0 Å². The van der Waals surface area contributed by atoms with Crippen LogP contribution in [0.1, 0.15) is 24.2 Å². The highest BCUT2D eigenvalue weighted by molar-refractivity contribution is 5.74. The second-order valence-electron chi connectivity index (χ2n) is 2.87. The first-order valence-electron chi connectivity index (χ1n) is 4.49. The summed E-state index contributed by atoms with van der Waals surface area (Å²) < 4.78 is 0. The normalized spacial score (nSPS) is 9.00. The van der Waals surface area contributed by atoms with Crippen molar-refractivity contribution in [2.24, 2.45) is 0 Å². The van der Waals surface area contributed by atoms with Crippen LogP contribution in [0.25, 0.3) is 0 Å². The SMILES string of the molecule is C=C(C)/C=C/C.O=Cc1ccccc1. The molecule has 0 aliphatic rings. The predicted molar refractivity (Wildman–Crippen MR) is 61.5 cm³/mol. The van der Waals surface area contributed by atoms with Crippen LogP contribution in [-0.4, -0.2) is 6.29 Å². The Morgan fingerprint density at radius 3 is 2.07 bits per heavy atom. The van der Waals surface area contributed by atoms with E-state index >= 15 is 0 Å². The van der Waals surface area contributed by atoms with E-state index in [-0.39, 0.29) is 0 Å². The largest absolute Gasteiger partial charge is 0.298 e. The number of hydrogen-bond acceptors (Lipinski definition) is 1. The van der Waals surface area contributed by atoms with Crippen LogP contribution < -0.4 is 0 Å². The summed E-state index contributed by atoms with van der Waals surface area (Å²) in [5, 5.41) is 0. The molecule has 14 heavy (non-hydrogen) atoms. The average Bonchev–Trinajstić information content (AvgIpc) is 2.20. The molecule has 0 saturated carbocycles. The molecule has 74 valence electrons. The highest BCUT2D eigenvalue weighted by Crippen LogP contribution is 1.91. The number of rotatable bonds is 2. The van der Waals surface area contributed by atoms with Gasteiger partial charge in [-0.05, 0) is 13.8 Å². The van der Waals surface area contributed by atoms with E-state index in [1.165, 1.54) is 0 Å². The van der Waals surface area contributed by atoms with Crippen LogP contribution in [0.5, 0.6) is 0 Å². The van der Waals surface area contributed by atoms with Crippen LogP contribution in [0.3, 0.4) is 0 Å².